The summed E-state index contributed by atoms with van der Waals surface area (Å²) in [5.74, 6) is 0. The van der Waals surface area contributed by atoms with Crippen molar-refractivity contribution < 1.29 is 0 Å². The highest BCUT2D eigenvalue weighted by Gasteiger charge is 2.18. The zero-order valence-corrected chi connectivity index (χ0v) is 13.6. The van der Waals surface area contributed by atoms with Gasteiger partial charge in [0.25, 0.3) is 0 Å². The third kappa shape index (κ3) is 4.63. The molecular formula is C17H30N2. The number of benzene rings is 1. The normalized spacial score (nSPS) is 13.9. The molecule has 0 heterocycles. The molecule has 0 aliphatic rings. The van der Waals surface area contributed by atoms with Crippen molar-refractivity contribution in [2.75, 3.05) is 13.6 Å². The first kappa shape index (κ1) is 16.2. The molecule has 0 spiro atoms. The van der Waals surface area contributed by atoms with Crippen molar-refractivity contribution in [1.82, 2.24) is 10.6 Å². The lowest BCUT2D eigenvalue weighted by molar-refractivity contribution is 0.488. The van der Waals surface area contributed by atoms with Crippen molar-refractivity contribution in [1.29, 1.82) is 0 Å². The molecule has 2 N–H and O–H groups in total. The number of nitrogens with one attached hydrogen (secondary N) is 2. The molecule has 2 heteroatoms. The highest BCUT2D eigenvalue weighted by atomic mass is 15.0. The zero-order valence-electron chi connectivity index (χ0n) is 13.6. The van der Waals surface area contributed by atoms with Crippen LogP contribution >= 0.6 is 0 Å². The van der Waals surface area contributed by atoms with Crippen LogP contribution in [0.15, 0.2) is 18.2 Å². The van der Waals surface area contributed by atoms with E-state index in [-0.39, 0.29) is 5.41 Å². The molecule has 19 heavy (non-hydrogen) atoms. The minimum atomic E-state index is 0.201. The quantitative estimate of drug-likeness (QED) is 0.848. The molecule has 0 aliphatic heterocycles. The van der Waals surface area contributed by atoms with Crippen LogP contribution in [-0.2, 0) is 5.41 Å². The molecule has 1 aromatic carbocycles. The molecule has 1 unspecified atom stereocenters. The lowest BCUT2D eigenvalue weighted by atomic mass is 9.84. The van der Waals surface area contributed by atoms with Gasteiger partial charge in [-0.05, 0) is 36.1 Å². The monoisotopic (exact) mass is 262 g/mol. The lowest BCUT2D eigenvalue weighted by Crippen LogP contribution is -2.34. The second-order valence-electron chi connectivity index (χ2n) is 6.73. The second-order valence-corrected chi connectivity index (χ2v) is 6.73. The van der Waals surface area contributed by atoms with E-state index in [1.54, 1.807) is 0 Å². The summed E-state index contributed by atoms with van der Waals surface area (Å²) in [5, 5.41) is 6.95. The minimum Gasteiger partial charge on any atom is -0.313 e. The fraction of sp³-hybridized carbons (Fsp3) is 0.647. The molecular weight excluding hydrogens is 232 g/mol. The Bertz CT molecular complexity index is 402. The van der Waals surface area contributed by atoms with Crippen molar-refractivity contribution in [2.24, 2.45) is 0 Å². The molecule has 0 aromatic heterocycles. The SMILES string of the molecule is CNC(CNC(C)C)c1cc(C(C)(C)C)ccc1C. The Hall–Kier alpha value is -0.860. The van der Waals surface area contributed by atoms with Crippen molar-refractivity contribution in [3.05, 3.63) is 34.9 Å². The molecule has 0 saturated carbocycles. The molecule has 0 amide bonds. The van der Waals surface area contributed by atoms with E-state index in [9.17, 15) is 0 Å². The molecule has 0 radical (unpaired) electrons. The Kier molecular flexibility index (Phi) is 5.57. The number of aryl methyl sites for hydroxylation is 1. The fourth-order valence-corrected chi connectivity index (χ4v) is 2.20. The first-order valence-corrected chi connectivity index (χ1v) is 7.27. The number of hydrogen-bond acceptors (Lipinski definition) is 2. The molecule has 108 valence electrons. The highest BCUT2D eigenvalue weighted by Crippen LogP contribution is 2.27. The summed E-state index contributed by atoms with van der Waals surface area (Å²) in [4.78, 5) is 0. The summed E-state index contributed by atoms with van der Waals surface area (Å²) in [6, 6.07) is 7.74. The van der Waals surface area contributed by atoms with Gasteiger partial charge in [0.1, 0.15) is 0 Å². The Balaban J connectivity index is 3.02. The van der Waals surface area contributed by atoms with Gasteiger partial charge in [0.15, 0.2) is 0 Å². The van der Waals surface area contributed by atoms with E-state index < -0.39 is 0 Å². The Labute approximate surface area is 119 Å². The van der Waals surface area contributed by atoms with Gasteiger partial charge < -0.3 is 10.6 Å². The molecule has 0 bridgehead atoms. The predicted molar refractivity (Wildman–Crippen MR) is 84.8 cm³/mol. The van der Waals surface area contributed by atoms with Crippen LogP contribution < -0.4 is 10.6 Å². The largest absolute Gasteiger partial charge is 0.313 e. The van der Waals surface area contributed by atoms with Crippen molar-refractivity contribution >= 4 is 0 Å². The summed E-state index contributed by atoms with van der Waals surface area (Å²) < 4.78 is 0. The first-order chi connectivity index (χ1) is 8.75. The zero-order chi connectivity index (χ0) is 14.6. The van der Waals surface area contributed by atoms with Gasteiger partial charge in [-0.25, -0.2) is 0 Å². The van der Waals surface area contributed by atoms with Gasteiger partial charge in [0.2, 0.25) is 0 Å². The lowest BCUT2D eigenvalue weighted by Gasteiger charge is -2.25. The average Bonchev–Trinajstić information content (AvgIpc) is 2.30. The third-order valence-corrected chi connectivity index (χ3v) is 3.60. The maximum absolute atomic E-state index is 3.52. The minimum absolute atomic E-state index is 0.201. The Morgan fingerprint density at radius 3 is 2.26 bits per heavy atom. The van der Waals surface area contributed by atoms with Crippen LogP contribution in [-0.4, -0.2) is 19.6 Å². The highest BCUT2D eigenvalue weighted by molar-refractivity contribution is 5.36. The summed E-state index contributed by atoms with van der Waals surface area (Å²) >= 11 is 0. The number of rotatable bonds is 5. The van der Waals surface area contributed by atoms with Crippen LogP contribution in [0, 0.1) is 6.92 Å². The van der Waals surface area contributed by atoms with E-state index in [4.69, 9.17) is 0 Å². The topological polar surface area (TPSA) is 24.1 Å². The first-order valence-electron chi connectivity index (χ1n) is 7.27. The van der Waals surface area contributed by atoms with Gasteiger partial charge in [0, 0.05) is 18.6 Å². The summed E-state index contributed by atoms with van der Waals surface area (Å²) in [7, 11) is 2.04. The van der Waals surface area contributed by atoms with Crippen LogP contribution in [0.1, 0.15) is 57.4 Å². The van der Waals surface area contributed by atoms with Crippen molar-refractivity contribution in [3.8, 4) is 0 Å². The average molecular weight is 262 g/mol. The van der Waals surface area contributed by atoms with Crippen molar-refractivity contribution in [3.63, 3.8) is 0 Å². The number of hydrogen-bond donors (Lipinski definition) is 2. The van der Waals surface area contributed by atoms with Crippen LogP contribution in [0.25, 0.3) is 0 Å². The summed E-state index contributed by atoms with van der Waals surface area (Å²) in [6.07, 6.45) is 0. The molecule has 0 saturated heterocycles. The van der Waals surface area contributed by atoms with E-state index in [1.165, 1.54) is 16.7 Å². The number of likely N-dealkylation sites (N-methyl/N-ethyl adjacent to an activating group) is 1. The van der Waals surface area contributed by atoms with Gasteiger partial charge >= 0.3 is 0 Å². The van der Waals surface area contributed by atoms with Crippen molar-refractivity contribution in [2.45, 2.75) is 59.0 Å². The van der Waals surface area contributed by atoms with E-state index in [0.717, 1.165) is 6.54 Å². The van der Waals surface area contributed by atoms with Gasteiger partial charge in [-0.15, -0.1) is 0 Å². The molecule has 0 fully saturated rings. The second kappa shape index (κ2) is 6.53. The van der Waals surface area contributed by atoms with Gasteiger partial charge in [0.05, 0.1) is 0 Å². The summed E-state index contributed by atoms with van der Waals surface area (Å²) in [6.45, 7) is 14.3. The maximum atomic E-state index is 3.52. The molecule has 1 rings (SSSR count). The Morgan fingerprint density at radius 1 is 1.16 bits per heavy atom. The van der Waals surface area contributed by atoms with Crippen LogP contribution in [0.2, 0.25) is 0 Å². The standard InChI is InChI=1S/C17H30N2/c1-12(2)19-11-16(18-7)15-10-14(17(4,5)6)9-8-13(15)3/h8-10,12,16,18-19H,11H2,1-7H3. The molecule has 2 nitrogen and oxygen atoms in total. The van der Waals surface area contributed by atoms with E-state index in [1.807, 2.05) is 7.05 Å². The molecule has 0 aliphatic carbocycles. The maximum Gasteiger partial charge on any atom is 0.0447 e. The molecule has 1 aromatic rings. The fourth-order valence-electron chi connectivity index (χ4n) is 2.20. The van der Waals surface area contributed by atoms with Crippen LogP contribution in [0.5, 0.6) is 0 Å². The Morgan fingerprint density at radius 2 is 1.79 bits per heavy atom. The van der Waals surface area contributed by atoms with Crippen LogP contribution in [0.4, 0.5) is 0 Å². The summed E-state index contributed by atoms with van der Waals surface area (Å²) in [5.41, 5.74) is 4.37. The van der Waals surface area contributed by atoms with Gasteiger partial charge in [-0.3, -0.25) is 0 Å². The predicted octanol–water partition coefficient (Wildman–Crippen LogP) is 3.55. The molecule has 1 atom stereocenters. The van der Waals surface area contributed by atoms with Gasteiger partial charge in [-0.1, -0.05) is 52.8 Å². The van der Waals surface area contributed by atoms with Crippen LogP contribution in [0.3, 0.4) is 0 Å². The third-order valence-electron chi connectivity index (χ3n) is 3.60. The smallest absolute Gasteiger partial charge is 0.0447 e. The van der Waals surface area contributed by atoms with Gasteiger partial charge in [-0.2, -0.15) is 0 Å². The van der Waals surface area contributed by atoms with E-state index in [0.29, 0.717) is 12.1 Å². The van der Waals surface area contributed by atoms with E-state index >= 15 is 0 Å². The van der Waals surface area contributed by atoms with E-state index in [2.05, 4.69) is 70.4 Å².